The summed E-state index contributed by atoms with van der Waals surface area (Å²) >= 11 is 6.31. The molecule has 0 spiro atoms. The number of aliphatic hydroxyl groups is 1. The average molecular weight is 578 g/mol. The van der Waals surface area contributed by atoms with E-state index in [9.17, 15) is 5.11 Å². The van der Waals surface area contributed by atoms with Crippen molar-refractivity contribution in [3.05, 3.63) is 17.8 Å². The van der Waals surface area contributed by atoms with Gasteiger partial charge in [-0.15, -0.1) is 0 Å². The summed E-state index contributed by atoms with van der Waals surface area (Å²) in [6.45, 7) is 22.7. The van der Waals surface area contributed by atoms with Crippen LogP contribution in [0.15, 0.2) is 12.7 Å². The number of aliphatic hydroxyl groups excluding tert-OH is 1. The van der Waals surface area contributed by atoms with E-state index in [2.05, 4.69) is 87.2 Å². The van der Waals surface area contributed by atoms with Gasteiger partial charge in [0, 0.05) is 0 Å². The van der Waals surface area contributed by atoms with E-state index in [1.54, 1.807) is 6.33 Å². The maximum atomic E-state index is 10.4. The molecule has 1 N–H and O–H groups in total. The molecule has 3 rings (SSSR count). The summed E-state index contributed by atoms with van der Waals surface area (Å²) < 4.78 is 16.2. The van der Waals surface area contributed by atoms with Crippen LogP contribution in [0.25, 0.3) is 11.2 Å². The normalized spacial score (nSPS) is 25.2. The van der Waals surface area contributed by atoms with E-state index < -0.39 is 16.6 Å². The van der Waals surface area contributed by atoms with Crippen molar-refractivity contribution in [1.82, 2.24) is 19.5 Å². The zero-order chi connectivity index (χ0) is 25.0. The van der Waals surface area contributed by atoms with Gasteiger partial charge in [-0.25, -0.2) is 0 Å². The summed E-state index contributed by atoms with van der Waals surface area (Å²) in [6.07, 6.45) is 2.90. The van der Waals surface area contributed by atoms with Crippen molar-refractivity contribution in [3.63, 3.8) is 0 Å². The van der Waals surface area contributed by atoms with Crippen LogP contribution in [0.5, 0.6) is 0 Å². The van der Waals surface area contributed by atoms with Crippen LogP contribution in [0, 0.1) is 0 Å². The zero-order valence-corrected chi connectivity index (χ0v) is 26.0. The Kier molecular flexibility index (Phi) is 7.67. The number of aromatic nitrogens is 4. The summed E-state index contributed by atoms with van der Waals surface area (Å²) in [4.78, 5) is 13.1. The number of fused-ring (bicyclic) bond motifs is 1. The van der Waals surface area contributed by atoms with Crippen LogP contribution in [0.1, 0.15) is 46.5 Å². The van der Waals surface area contributed by atoms with E-state index in [0.717, 1.165) is 0 Å². The standard InChI is InChI=1S/C22H39ClN4O3SeSi2/c1-21(2,3)32(7,8)29-16-14(11-28)31-20(17(16)30-33(9,10)22(4,5)6)27-13-26-15-18(23)24-12-25-19(15)27/h12-14,16-17,20,28H,11H2,1-10H3/t14-,16-,17-,20-/m1/s1. The molecule has 3 heterocycles. The Morgan fingerprint density at radius 3 is 2.03 bits per heavy atom. The second-order valence-electron chi connectivity index (χ2n) is 11.9. The molecule has 1 aliphatic rings. The van der Waals surface area contributed by atoms with Gasteiger partial charge in [-0.2, -0.15) is 0 Å². The molecule has 0 unspecified atom stereocenters. The van der Waals surface area contributed by atoms with Crippen molar-refractivity contribution < 1.29 is 14.0 Å². The predicted octanol–water partition coefficient (Wildman–Crippen LogP) is 5.26. The van der Waals surface area contributed by atoms with Crippen molar-refractivity contribution in [2.75, 3.05) is 6.61 Å². The van der Waals surface area contributed by atoms with Gasteiger partial charge in [0.15, 0.2) is 0 Å². The molecule has 7 nitrogen and oxygen atoms in total. The van der Waals surface area contributed by atoms with Gasteiger partial charge in [0.1, 0.15) is 0 Å². The fourth-order valence-corrected chi connectivity index (χ4v) is 9.70. The van der Waals surface area contributed by atoms with Gasteiger partial charge >= 0.3 is 212 Å². The molecule has 0 bridgehead atoms. The van der Waals surface area contributed by atoms with Gasteiger partial charge in [-0.05, 0) is 0 Å². The Balaban J connectivity index is 2.10. The van der Waals surface area contributed by atoms with Gasteiger partial charge in [0.25, 0.3) is 0 Å². The molecular formula is C22H39ClN4O3SeSi2. The van der Waals surface area contributed by atoms with Gasteiger partial charge in [-0.3, -0.25) is 0 Å². The third kappa shape index (κ3) is 5.28. The third-order valence-corrected chi connectivity index (χ3v) is 20.0. The van der Waals surface area contributed by atoms with Crippen molar-refractivity contribution in [2.45, 2.75) is 99.8 Å². The zero-order valence-electron chi connectivity index (χ0n) is 21.5. The molecule has 4 atom stereocenters. The van der Waals surface area contributed by atoms with Crippen LogP contribution in [0.4, 0.5) is 0 Å². The Morgan fingerprint density at radius 2 is 1.52 bits per heavy atom. The maximum absolute atomic E-state index is 10.4. The minimum absolute atomic E-state index is 0.00508. The summed E-state index contributed by atoms with van der Waals surface area (Å²) in [6, 6.07) is 0. The molecule has 2 aromatic rings. The molecule has 0 amide bonds. The Morgan fingerprint density at radius 1 is 0.970 bits per heavy atom. The second kappa shape index (κ2) is 9.28. The molecule has 2 aromatic heterocycles. The first-order valence-corrected chi connectivity index (χ1v) is 19.6. The first-order chi connectivity index (χ1) is 15.0. The summed E-state index contributed by atoms with van der Waals surface area (Å²) in [7, 11) is -4.24. The molecule has 186 valence electrons. The molecule has 0 radical (unpaired) electrons. The van der Waals surface area contributed by atoms with Gasteiger partial charge in [0.2, 0.25) is 0 Å². The molecule has 11 heteroatoms. The number of hydrogen-bond donors (Lipinski definition) is 1. The van der Waals surface area contributed by atoms with Crippen LogP contribution in [0.3, 0.4) is 0 Å². The molecule has 1 fully saturated rings. The molecule has 0 saturated carbocycles. The Labute approximate surface area is 211 Å². The molecular weight excluding hydrogens is 539 g/mol. The van der Waals surface area contributed by atoms with Crippen LogP contribution < -0.4 is 0 Å². The topological polar surface area (TPSA) is 82.3 Å². The molecule has 33 heavy (non-hydrogen) atoms. The molecule has 1 aliphatic heterocycles. The predicted molar refractivity (Wildman–Crippen MR) is 140 cm³/mol. The van der Waals surface area contributed by atoms with E-state index in [1.165, 1.54) is 6.33 Å². The first kappa shape index (κ1) is 27.3. The number of imidazole rings is 1. The fourth-order valence-electron chi connectivity index (χ4n) is 3.39. The van der Waals surface area contributed by atoms with E-state index in [0.29, 0.717) is 16.3 Å². The Bertz CT molecular complexity index is 990. The van der Waals surface area contributed by atoms with Gasteiger partial charge in [0.05, 0.1) is 0 Å². The van der Waals surface area contributed by atoms with Gasteiger partial charge in [-0.1, -0.05) is 0 Å². The fraction of sp³-hybridized carbons (Fsp3) is 0.773. The van der Waals surface area contributed by atoms with E-state index in [-0.39, 0.29) is 53.6 Å². The quantitative estimate of drug-likeness (QED) is 0.373. The van der Waals surface area contributed by atoms with E-state index in [1.807, 2.05) is 0 Å². The minimum atomic E-state index is -2.14. The summed E-state index contributed by atoms with van der Waals surface area (Å²) in [5, 5.41) is 10.9. The van der Waals surface area contributed by atoms with Crippen LogP contribution in [0.2, 0.25) is 46.2 Å². The monoisotopic (exact) mass is 578 g/mol. The molecule has 0 aliphatic carbocycles. The van der Waals surface area contributed by atoms with Crippen molar-refractivity contribution in [2.24, 2.45) is 0 Å². The van der Waals surface area contributed by atoms with Crippen LogP contribution in [-0.4, -0.2) is 75.0 Å². The first-order valence-electron chi connectivity index (χ1n) is 11.4. The second-order valence-corrected chi connectivity index (χ2v) is 24.6. The molecule has 1 saturated heterocycles. The number of nitrogens with zero attached hydrogens (tertiary/aromatic N) is 4. The van der Waals surface area contributed by atoms with Crippen molar-refractivity contribution in [3.8, 4) is 0 Å². The molecule has 0 aromatic carbocycles. The summed E-state index contributed by atoms with van der Waals surface area (Å²) in [5.41, 5.74) is 1.30. The number of rotatable bonds is 6. The number of halogens is 1. The van der Waals surface area contributed by atoms with E-state index >= 15 is 0 Å². The van der Waals surface area contributed by atoms with Crippen LogP contribution in [-0.2, 0) is 8.85 Å². The SMILES string of the molecule is CC(C)(C)[Si](C)(C)O[C@@H]1[C@H](O[Si](C)(C)C(C)(C)C)[C@@H](CO)[Se][C@H]1n1cnc2c(Cl)ncnc21. The third-order valence-electron chi connectivity index (χ3n) is 7.53. The Hall–Kier alpha value is -0.327. The van der Waals surface area contributed by atoms with E-state index in [4.69, 9.17) is 20.5 Å². The van der Waals surface area contributed by atoms with Gasteiger partial charge < -0.3 is 0 Å². The number of hydrogen-bond acceptors (Lipinski definition) is 6. The van der Waals surface area contributed by atoms with Crippen molar-refractivity contribution in [1.29, 1.82) is 0 Å². The summed E-state index contributed by atoms with van der Waals surface area (Å²) in [5.74, 6) is 0. The average Bonchev–Trinajstić information content (AvgIpc) is 3.22. The van der Waals surface area contributed by atoms with Crippen LogP contribution >= 0.6 is 11.6 Å². The van der Waals surface area contributed by atoms with Crippen molar-refractivity contribution >= 4 is 54.4 Å².